The largest absolute Gasteiger partial charge is 0.463 e. The number of hydrogen-bond acceptors (Lipinski definition) is 5. The molecule has 1 fully saturated rings. The summed E-state index contributed by atoms with van der Waals surface area (Å²) in [7, 11) is 0. The van der Waals surface area contributed by atoms with E-state index in [4.69, 9.17) is 16.3 Å². The summed E-state index contributed by atoms with van der Waals surface area (Å²) in [5.74, 6) is 0.156. The molecule has 2 aliphatic rings. The Hall–Kier alpha value is -1.79. The van der Waals surface area contributed by atoms with E-state index in [1.165, 1.54) is 11.8 Å². The van der Waals surface area contributed by atoms with E-state index >= 15 is 0 Å². The molecule has 126 valence electrons. The molecule has 0 bridgehead atoms. The second-order valence-corrected chi connectivity index (χ2v) is 6.87. The van der Waals surface area contributed by atoms with Crippen molar-refractivity contribution in [1.29, 1.82) is 0 Å². The van der Waals surface area contributed by atoms with Crippen LogP contribution in [-0.4, -0.2) is 34.3 Å². The number of thioether (sulfide) groups is 1. The smallest absolute Gasteiger partial charge is 0.338 e. The van der Waals surface area contributed by atoms with E-state index in [1.54, 1.807) is 24.8 Å². The van der Waals surface area contributed by atoms with Crippen LogP contribution in [0.3, 0.4) is 0 Å². The molecule has 0 aromatic heterocycles. The van der Waals surface area contributed by atoms with E-state index in [2.05, 4.69) is 4.99 Å². The molecule has 0 radical (unpaired) electrons. The van der Waals surface area contributed by atoms with Gasteiger partial charge >= 0.3 is 5.97 Å². The van der Waals surface area contributed by atoms with Crippen LogP contribution in [0.1, 0.15) is 31.9 Å². The number of carbonyl (C=O) groups is 2. The number of nitrogens with zero attached hydrogens (tertiary/aromatic N) is 2. The van der Waals surface area contributed by atoms with Crippen molar-refractivity contribution in [3.05, 3.63) is 46.1 Å². The van der Waals surface area contributed by atoms with E-state index in [9.17, 15) is 9.59 Å². The minimum Gasteiger partial charge on any atom is -0.463 e. The van der Waals surface area contributed by atoms with Crippen LogP contribution in [0.4, 0.5) is 0 Å². The van der Waals surface area contributed by atoms with Gasteiger partial charge in [0.05, 0.1) is 23.9 Å². The number of fused-ring (bicyclic) bond motifs is 1. The average molecular weight is 365 g/mol. The van der Waals surface area contributed by atoms with E-state index in [0.717, 1.165) is 0 Å². The van der Waals surface area contributed by atoms with Gasteiger partial charge in [-0.1, -0.05) is 41.6 Å². The predicted octanol–water partition coefficient (Wildman–Crippen LogP) is 3.55. The molecule has 1 amide bonds. The number of hydrogen-bond donors (Lipinski definition) is 0. The fourth-order valence-corrected chi connectivity index (χ4v) is 4.10. The van der Waals surface area contributed by atoms with Gasteiger partial charge in [0.1, 0.15) is 0 Å². The predicted molar refractivity (Wildman–Crippen MR) is 94.9 cm³/mol. The fourth-order valence-electron chi connectivity index (χ4n) is 2.86. The zero-order valence-corrected chi connectivity index (χ0v) is 15.0. The Morgan fingerprint density at radius 3 is 2.92 bits per heavy atom. The maximum atomic E-state index is 12.6. The first-order valence-electron chi connectivity index (χ1n) is 7.70. The van der Waals surface area contributed by atoms with Crippen LogP contribution in [0.15, 0.2) is 40.5 Å². The minimum atomic E-state index is -0.606. The molecule has 5 nitrogen and oxygen atoms in total. The molecule has 1 aromatic carbocycles. The van der Waals surface area contributed by atoms with E-state index in [-0.39, 0.29) is 12.5 Å². The number of benzene rings is 1. The zero-order chi connectivity index (χ0) is 17.3. The van der Waals surface area contributed by atoms with Crippen molar-refractivity contribution < 1.29 is 14.3 Å². The summed E-state index contributed by atoms with van der Waals surface area (Å²) in [6, 6.07) is 6.63. The normalized spacial score (nSPS) is 20.6. The maximum Gasteiger partial charge on any atom is 0.338 e. The van der Waals surface area contributed by atoms with Crippen LogP contribution in [0.5, 0.6) is 0 Å². The van der Waals surface area contributed by atoms with Gasteiger partial charge in [0.25, 0.3) is 0 Å². The third kappa shape index (κ3) is 2.96. The van der Waals surface area contributed by atoms with Crippen molar-refractivity contribution >= 4 is 40.4 Å². The lowest BCUT2D eigenvalue weighted by atomic mass is 9.94. The highest BCUT2D eigenvalue weighted by molar-refractivity contribution is 8.14. The van der Waals surface area contributed by atoms with Crippen LogP contribution >= 0.6 is 23.4 Å². The number of amides is 1. The van der Waals surface area contributed by atoms with Crippen LogP contribution in [0.2, 0.25) is 5.02 Å². The molecule has 0 unspecified atom stereocenters. The summed E-state index contributed by atoms with van der Waals surface area (Å²) in [6.45, 7) is 3.77. The van der Waals surface area contributed by atoms with Crippen molar-refractivity contribution in [1.82, 2.24) is 4.90 Å². The first-order chi connectivity index (χ1) is 11.5. The summed E-state index contributed by atoms with van der Waals surface area (Å²) >= 11 is 7.88. The van der Waals surface area contributed by atoms with Crippen molar-refractivity contribution in [3.63, 3.8) is 0 Å². The van der Waals surface area contributed by atoms with Gasteiger partial charge in [-0.3, -0.25) is 9.69 Å². The number of rotatable bonds is 3. The molecule has 1 saturated heterocycles. The number of aliphatic imine (C=N–C) groups is 1. The van der Waals surface area contributed by atoms with Crippen LogP contribution < -0.4 is 0 Å². The molecule has 1 aromatic rings. The molecule has 1 atom stereocenters. The molecule has 2 heterocycles. The Morgan fingerprint density at radius 1 is 1.46 bits per heavy atom. The standard InChI is InChI=1S/C17H17ClN2O3S/c1-3-23-16(22)14-10(2)19-17-20(13(21)8-9-24-17)15(14)11-6-4-5-7-12(11)18/h4-7,15H,3,8-9H2,1-2H3/t15-/m1/s1. The first-order valence-corrected chi connectivity index (χ1v) is 9.06. The number of amidine groups is 1. The third-order valence-electron chi connectivity index (χ3n) is 3.90. The molecule has 3 rings (SSSR count). The molecule has 7 heteroatoms. The summed E-state index contributed by atoms with van der Waals surface area (Å²) in [5, 5.41) is 1.11. The molecule has 0 aliphatic carbocycles. The second kappa shape index (κ2) is 6.99. The molecule has 0 spiro atoms. The summed E-state index contributed by atoms with van der Waals surface area (Å²) in [5.41, 5.74) is 1.63. The SMILES string of the molecule is CCOC(=O)C1=C(C)N=C2SCCC(=O)N2[C@@H]1c1ccccc1Cl. The van der Waals surface area contributed by atoms with Crippen LogP contribution in [0.25, 0.3) is 0 Å². The quantitative estimate of drug-likeness (QED) is 0.769. The van der Waals surface area contributed by atoms with Crippen molar-refractivity contribution in [2.75, 3.05) is 12.4 Å². The number of allylic oxidation sites excluding steroid dienone is 1. The highest BCUT2D eigenvalue weighted by atomic mass is 35.5. The Kier molecular flexibility index (Phi) is 4.96. The monoisotopic (exact) mass is 364 g/mol. The lowest BCUT2D eigenvalue weighted by molar-refractivity contribution is -0.139. The van der Waals surface area contributed by atoms with Crippen LogP contribution in [0, 0.1) is 0 Å². The highest BCUT2D eigenvalue weighted by Gasteiger charge is 2.42. The van der Waals surface area contributed by atoms with Gasteiger partial charge in [-0.15, -0.1) is 0 Å². The number of esters is 1. The Bertz CT molecular complexity index is 760. The lowest BCUT2D eigenvalue weighted by Crippen LogP contribution is -2.46. The van der Waals surface area contributed by atoms with Crippen molar-refractivity contribution in [2.24, 2.45) is 4.99 Å². The van der Waals surface area contributed by atoms with E-state index in [1.807, 2.05) is 18.2 Å². The summed E-state index contributed by atoms with van der Waals surface area (Å²) < 4.78 is 5.20. The summed E-state index contributed by atoms with van der Waals surface area (Å²) in [4.78, 5) is 31.2. The van der Waals surface area contributed by atoms with Gasteiger partial charge in [-0.05, 0) is 25.5 Å². The van der Waals surface area contributed by atoms with E-state index in [0.29, 0.717) is 39.2 Å². The van der Waals surface area contributed by atoms with Gasteiger partial charge in [0.2, 0.25) is 5.91 Å². The van der Waals surface area contributed by atoms with Gasteiger partial charge in [-0.25, -0.2) is 9.79 Å². The minimum absolute atomic E-state index is 0.0632. The van der Waals surface area contributed by atoms with Crippen molar-refractivity contribution in [3.8, 4) is 0 Å². The van der Waals surface area contributed by atoms with Gasteiger partial charge in [0, 0.05) is 17.2 Å². The molecule has 2 aliphatic heterocycles. The van der Waals surface area contributed by atoms with E-state index < -0.39 is 12.0 Å². The average Bonchev–Trinajstić information content (AvgIpc) is 2.54. The number of carbonyl (C=O) groups excluding carboxylic acids is 2. The molecule has 24 heavy (non-hydrogen) atoms. The molecule has 0 saturated carbocycles. The van der Waals surface area contributed by atoms with Crippen molar-refractivity contribution in [2.45, 2.75) is 26.3 Å². The second-order valence-electron chi connectivity index (χ2n) is 5.40. The topological polar surface area (TPSA) is 59.0 Å². The third-order valence-corrected chi connectivity index (χ3v) is 5.20. The van der Waals surface area contributed by atoms with Gasteiger partial charge < -0.3 is 4.74 Å². The van der Waals surface area contributed by atoms with Gasteiger partial charge in [-0.2, -0.15) is 0 Å². The Morgan fingerprint density at radius 2 is 2.21 bits per heavy atom. The zero-order valence-electron chi connectivity index (χ0n) is 13.4. The molecular formula is C17H17ClN2O3S. The molecule has 0 N–H and O–H groups in total. The maximum absolute atomic E-state index is 12.6. The highest BCUT2D eigenvalue weighted by Crippen LogP contribution is 2.42. The number of halogens is 1. The Balaban J connectivity index is 2.18. The van der Waals surface area contributed by atoms with Crippen LogP contribution in [-0.2, 0) is 14.3 Å². The Labute approximate surface area is 149 Å². The summed E-state index contributed by atoms with van der Waals surface area (Å²) in [6.07, 6.45) is 0.403. The lowest BCUT2D eigenvalue weighted by Gasteiger charge is -2.39. The molecular weight excluding hydrogens is 348 g/mol. The fraction of sp³-hybridized carbons (Fsp3) is 0.353. The number of ether oxygens (including phenoxy) is 1. The first kappa shape index (κ1) is 17.0. The van der Waals surface area contributed by atoms with Gasteiger partial charge in [0.15, 0.2) is 5.17 Å².